The van der Waals surface area contributed by atoms with Gasteiger partial charge in [0.25, 0.3) is 0 Å². The van der Waals surface area contributed by atoms with E-state index >= 15 is 0 Å². The molecule has 0 heterocycles. The highest BCUT2D eigenvalue weighted by Crippen LogP contribution is 2.17. The lowest BCUT2D eigenvalue weighted by atomic mass is 9.87. The Bertz CT molecular complexity index is 172. The third kappa shape index (κ3) is 4.27. The number of hydrogen-bond acceptors (Lipinski definition) is 2. The zero-order chi connectivity index (χ0) is 10.6. The molecule has 0 aliphatic carbocycles. The van der Waals surface area contributed by atoms with Crippen LogP contribution < -0.4 is 11.1 Å². The van der Waals surface area contributed by atoms with Crippen molar-refractivity contribution in [3.63, 3.8) is 0 Å². The van der Waals surface area contributed by atoms with Crippen molar-refractivity contribution in [2.75, 3.05) is 0 Å². The van der Waals surface area contributed by atoms with Gasteiger partial charge < -0.3 is 11.1 Å². The van der Waals surface area contributed by atoms with E-state index in [1.165, 1.54) is 0 Å². The van der Waals surface area contributed by atoms with Crippen molar-refractivity contribution in [3.05, 3.63) is 0 Å². The minimum atomic E-state index is -0.429. The predicted octanol–water partition coefficient (Wildman–Crippen LogP) is 1.27. The molecule has 3 heteroatoms. The summed E-state index contributed by atoms with van der Waals surface area (Å²) in [7, 11) is 0. The van der Waals surface area contributed by atoms with Gasteiger partial charge in [0.05, 0.1) is 6.04 Å². The van der Waals surface area contributed by atoms with Gasteiger partial charge in [-0.15, -0.1) is 0 Å². The highest BCUT2D eigenvalue weighted by Gasteiger charge is 2.27. The molecule has 1 amide bonds. The number of nitrogens with two attached hydrogens (primary N) is 1. The average molecular weight is 186 g/mol. The molecule has 0 aromatic heterocycles. The fraction of sp³-hybridized carbons (Fsp3) is 0.900. The van der Waals surface area contributed by atoms with Gasteiger partial charge in [-0.05, 0) is 18.8 Å². The van der Waals surface area contributed by atoms with Crippen LogP contribution in [0, 0.1) is 5.41 Å². The maximum absolute atomic E-state index is 11.5. The Hall–Kier alpha value is -0.570. The number of amides is 1. The summed E-state index contributed by atoms with van der Waals surface area (Å²) in [5.74, 6) is -0.0538. The smallest absolute Gasteiger partial charge is 0.237 e. The van der Waals surface area contributed by atoms with Crippen molar-refractivity contribution in [2.45, 2.75) is 53.1 Å². The van der Waals surface area contributed by atoms with Crippen molar-refractivity contribution < 1.29 is 4.79 Å². The molecule has 0 radical (unpaired) electrons. The van der Waals surface area contributed by atoms with Crippen LogP contribution >= 0.6 is 0 Å². The van der Waals surface area contributed by atoms with Crippen LogP contribution in [-0.2, 0) is 4.79 Å². The quantitative estimate of drug-likeness (QED) is 0.697. The Morgan fingerprint density at radius 2 is 1.92 bits per heavy atom. The van der Waals surface area contributed by atoms with Crippen LogP contribution in [0.3, 0.4) is 0 Å². The lowest BCUT2D eigenvalue weighted by molar-refractivity contribution is -0.125. The third-order valence-electron chi connectivity index (χ3n) is 2.22. The molecule has 0 aliphatic rings. The molecular weight excluding hydrogens is 164 g/mol. The molecule has 3 nitrogen and oxygen atoms in total. The zero-order valence-corrected chi connectivity index (χ0v) is 9.35. The second-order valence-corrected chi connectivity index (χ2v) is 4.66. The highest BCUT2D eigenvalue weighted by molar-refractivity contribution is 5.82. The minimum Gasteiger partial charge on any atom is -0.352 e. The van der Waals surface area contributed by atoms with E-state index in [9.17, 15) is 4.79 Å². The van der Waals surface area contributed by atoms with Crippen molar-refractivity contribution in [3.8, 4) is 0 Å². The van der Waals surface area contributed by atoms with E-state index < -0.39 is 6.04 Å². The topological polar surface area (TPSA) is 55.1 Å². The summed E-state index contributed by atoms with van der Waals surface area (Å²) in [5, 5.41) is 2.87. The Kier molecular flexibility index (Phi) is 4.40. The molecule has 3 N–H and O–H groups in total. The molecule has 0 saturated heterocycles. The summed E-state index contributed by atoms with van der Waals surface area (Å²) >= 11 is 0. The van der Waals surface area contributed by atoms with Crippen molar-refractivity contribution in [1.29, 1.82) is 0 Å². The van der Waals surface area contributed by atoms with Gasteiger partial charge in [0.1, 0.15) is 0 Å². The molecule has 0 bridgehead atoms. The Morgan fingerprint density at radius 1 is 1.46 bits per heavy atom. The van der Waals surface area contributed by atoms with Crippen LogP contribution in [0.2, 0.25) is 0 Å². The van der Waals surface area contributed by atoms with Gasteiger partial charge in [-0.1, -0.05) is 27.7 Å². The van der Waals surface area contributed by atoms with E-state index in [1.807, 2.05) is 34.6 Å². The van der Waals surface area contributed by atoms with Crippen molar-refractivity contribution >= 4 is 5.91 Å². The van der Waals surface area contributed by atoms with E-state index in [2.05, 4.69) is 5.32 Å². The predicted molar refractivity (Wildman–Crippen MR) is 55.3 cm³/mol. The standard InChI is InChI=1S/C10H22N2O/c1-6-7(2)12-9(13)8(11)10(3,4)5/h7-8H,6,11H2,1-5H3,(H,12,13). The van der Waals surface area contributed by atoms with E-state index in [0.29, 0.717) is 0 Å². The lowest BCUT2D eigenvalue weighted by Crippen LogP contribution is -2.50. The monoisotopic (exact) mass is 186 g/mol. The molecule has 0 spiro atoms. The molecule has 2 atom stereocenters. The first-order chi connectivity index (χ1) is 5.79. The minimum absolute atomic E-state index is 0.0538. The van der Waals surface area contributed by atoms with Gasteiger partial charge >= 0.3 is 0 Å². The Morgan fingerprint density at radius 3 is 2.23 bits per heavy atom. The third-order valence-corrected chi connectivity index (χ3v) is 2.22. The number of nitrogens with one attached hydrogen (secondary N) is 1. The normalized spacial score (nSPS) is 16.5. The summed E-state index contributed by atoms with van der Waals surface area (Å²) in [4.78, 5) is 11.5. The van der Waals surface area contributed by atoms with Crippen LogP contribution in [-0.4, -0.2) is 18.0 Å². The number of carbonyl (C=O) groups excluding carboxylic acids is 1. The summed E-state index contributed by atoms with van der Waals surface area (Å²) in [6, 6.07) is -0.220. The summed E-state index contributed by atoms with van der Waals surface area (Å²) in [5.41, 5.74) is 5.62. The van der Waals surface area contributed by atoms with Gasteiger partial charge in [0.15, 0.2) is 0 Å². The highest BCUT2D eigenvalue weighted by atomic mass is 16.2. The fourth-order valence-electron chi connectivity index (χ4n) is 0.828. The zero-order valence-electron chi connectivity index (χ0n) is 9.35. The number of carbonyl (C=O) groups is 1. The molecule has 0 fully saturated rings. The number of rotatable bonds is 3. The van der Waals surface area contributed by atoms with Gasteiger partial charge in [0, 0.05) is 6.04 Å². The second kappa shape index (κ2) is 4.61. The van der Waals surface area contributed by atoms with Crippen LogP contribution in [0.4, 0.5) is 0 Å². The molecule has 0 aromatic rings. The maximum atomic E-state index is 11.5. The van der Waals surface area contributed by atoms with Crippen molar-refractivity contribution in [2.24, 2.45) is 11.1 Å². The average Bonchev–Trinajstić information content (AvgIpc) is 2.01. The fourth-order valence-corrected chi connectivity index (χ4v) is 0.828. The Balaban J connectivity index is 4.12. The second-order valence-electron chi connectivity index (χ2n) is 4.66. The first kappa shape index (κ1) is 12.4. The van der Waals surface area contributed by atoms with E-state index in [1.54, 1.807) is 0 Å². The van der Waals surface area contributed by atoms with E-state index in [4.69, 9.17) is 5.73 Å². The van der Waals surface area contributed by atoms with Gasteiger partial charge in [-0.2, -0.15) is 0 Å². The Labute approximate surface area is 81.1 Å². The molecule has 0 aliphatic heterocycles. The largest absolute Gasteiger partial charge is 0.352 e. The summed E-state index contributed by atoms with van der Waals surface area (Å²) in [6.07, 6.45) is 0.933. The van der Waals surface area contributed by atoms with Crippen LogP contribution in [0.5, 0.6) is 0 Å². The maximum Gasteiger partial charge on any atom is 0.237 e. The van der Waals surface area contributed by atoms with Crippen LogP contribution in [0.25, 0.3) is 0 Å². The molecule has 78 valence electrons. The van der Waals surface area contributed by atoms with Gasteiger partial charge in [0.2, 0.25) is 5.91 Å². The first-order valence-electron chi connectivity index (χ1n) is 4.85. The molecular formula is C10H22N2O. The molecule has 0 rings (SSSR count). The van der Waals surface area contributed by atoms with E-state index in [-0.39, 0.29) is 17.4 Å². The van der Waals surface area contributed by atoms with Crippen molar-refractivity contribution in [1.82, 2.24) is 5.32 Å². The number of hydrogen-bond donors (Lipinski definition) is 2. The van der Waals surface area contributed by atoms with Crippen LogP contribution in [0.15, 0.2) is 0 Å². The van der Waals surface area contributed by atoms with Gasteiger partial charge in [-0.25, -0.2) is 0 Å². The summed E-state index contributed by atoms with van der Waals surface area (Å²) < 4.78 is 0. The van der Waals surface area contributed by atoms with Crippen LogP contribution in [0.1, 0.15) is 41.0 Å². The van der Waals surface area contributed by atoms with Gasteiger partial charge in [-0.3, -0.25) is 4.79 Å². The molecule has 2 unspecified atom stereocenters. The van der Waals surface area contributed by atoms with E-state index in [0.717, 1.165) is 6.42 Å². The SMILES string of the molecule is CCC(C)NC(=O)C(N)C(C)(C)C. The summed E-state index contributed by atoms with van der Waals surface area (Å²) in [6.45, 7) is 9.91. The molecule has 0 saturated carbocycles. The first-order valence-corrected chi connectivity index (χ1v) is 4.85. The molecule has 0 aromatic carbocycles. The molecule has 13 heavy (non-hydrogen) atoms. The lowest BCUT2D eigenvalue weighted by Gasteiger charge is -2.27.